The van der Waals surface area contributed by atoms with Crippen LogP contribution >= 0.6 is 27.5 Å². The minimum Gasteiger partial charge on any atom is -0.432 e. The van der Waals surface area contributed by atoms with Crippen molar-refractivity contribution in [1.82, 2.24) is 4.98 Å². The van der Waals surface area contributed by atoms with E-state index in [-0.39, 0.29) is 10.8 Å². The van der Waals surface area contributed by atoms with Crippen LogP contribution in [0.5, 0.6) is 5.75 Å². The monoisotopic (exact) mass is 257 g/mol. The lowest BCUT2D eigenvalue weighted by atomic mass is 10.5. The summed E-state index contributed by atoms with van der Waals surface area (Å²) in [5.41, 5.74) is 0. The van der Waals surface area contributed by atoms with E-state index in [9.17, 15) is 8.78 Å². The van der Waals surface area contributed by atoms with E-state index in [1.807, 2.05) is 0 Å². The summed E-state index contributed by atoms with van der Waals surface area (Å²) in [5, 5.41) is 0.0946. The number of nitrogens with zero attached hydrogens (tertiary/aromatic N) is 1. The first-order valence-corrected chi connectivity index (χ1v) is 4.02. The molecule has 0 spiro atoms. The Balaban J connectivity index is 2.86. The lowest BCUT2D eigenvalue weighted by molar-refractivity contribution is -0.0500. The predicted molar refractivity (Wildman–Crippen MR) is 43.6 cm³/mol. The van der Waals surface area contributed by atoms with Crippen molar-refractivity contribution in [2.24, 2.45) is 0 Å². The van der Waals surface area contributed by atoms with E-state index in [0.29, 0.717) is 4.60 Å². The van der Waals surface area contributed by atoms with Crippen molar-refractivity contribution >= 4 is 27.5 Å². The van der Waals surface area contributed by atoms with Gasteiger partial charge in [-0.3, -0.25) is 0 Å². The summed E-state index contributed by atoms with van der Waals surface area (Å²) < 4.78 is 27.9. The molecule has 1 aromatic rings. The van der Waals surface area contributed by atoms with Gasteiger partial charge in [-0.2, -0.15) is 8.78 Å². The van der Waals surface area contributed by atoms with Crippen LogP contribution in [-0.4, -0.2) is 11.6 Å². The van der Waals surface area contributed by atoms with Crippen molar-refractivity contribution in [3.8, 4) is 5.75 Å². The van der Waals surface area contributed by atoms with E-state index < -0.39 is 6.61 Å². The minimum atomic E-state index is -2.88. The summed E-state index contributed by atoms with van der Waals surface area (Å²) in [6.07, 6.45) is 1.12. The van der Waals surface area contributed by atoms with Crippen LogP contribution < -0.4 is 4.74 Å². The molecule has 1 heterocycles. The van der Waals surface area contributed by atoms with Crippen LogP contribution in [0.3, 0.4) is 0 Å². The van der Waals surface area contributed by atoms with Gasteiger partial charge >= 0.3 is 6.61 Å². The Morgan fingerprint density at radius 1 is 1.58 bits per heavy atom. The first-order chi connectivity index (χ1) is 5.59. The highest BCUT2D eigenvalue weighted by Gasteiger charge is 2.08. The molecule has 0 bridgehead atoms. The Labute approximate surface area is 80.6 Å². The van der Waals surface area contributed by atoms with Gasteiger partial charge in [0.05, 0.1) is 11.2 Å². The Kier molecular flexibility index (Phi) is 3.22. The summed E-state index contributed by atoms with van der Waals surface area (Å²) in [7, 11) is 0. The second-order valence-corrected chi connectivity index (χ2v) is 3.04. The average Bonchev–Trinajstić information content (AvgIpc) is 1.94. The highest BCUT2D eigenvalue weighted by atomic mass is 79.9. The fourth-order valence-electron chi connectivity index (χ4n) is 0.578. The van der Waals surface area contributed by atoms with Gasteiger partial charge in [-0.05, 0) is 22.0 Å². The molecule has 0 aromatic carbocycles. The van der Waals surface area contributed by atoms with Crippen LogP contribution in [0, 0.1) is 0 Å². The number of rotatable bonds is 2. The van der Waals surface area contributed by atoms with Crippen molar-refractivity contribution in [2.75, 3.05) is 0 Å². The van der Waals surface area contributed by atoms with Crippen molar-refractivity contribution in [3.05, 3.63) is 21.9 Å². The van der Waals surface area contributed by atoms with Crippen molar-refractivity contribution in [1.29, 1.82) is 0 Å². The molecule has 1 rings (SSSR count). The number of halogens is 4. The van der Waals surface area contributed by atoms with E-state index in [4.69, 9.17) is 11.6 Å². The molecule has 0 aliphatic carbocycles. The third-order valence-electron chi connectivity index (χ3n) is 1.00. The largest absolute Gasteiger partial charge is 0.432 e. The highest BCUT2D eigenvalue weighted by Crippen LogP contribution is 2.26. The van der Waals surface area contributed by atoms with E-state index in [2.05, 4.69) is 25.7 Å². The maximum atomic E-state index is 11.7. The highest BCUT2D eigenvalue weighted by molar-refractivity contribution is 9.10. The second-order valence-electron chi connectivity index (χ2n) is 1.82. The van der Waals surface area contributed by atoms with Crippen molar-refractivity contribution < 1.29 is 13.5 Å². The Hall–Kier alpha value is -0.420. The minimum absolute atomic E-state index is 0.0946. The number of ether oxygens (including phenoxy) is 1. The number of pyridine rings is 1. The smallest absolute Gasteiger partial charge is 0.387 e. The van der Waals surface area contributed by atoms with Gasteiger partial charge in [0.2, 0.25) is 0 Å². The van der Waals surface area contributed by atoms with Gasteiger partial charge in [-0.15, -0.1) is 0 Å². The maximum Gasteiger partial charge on any atom is 0.387 e. The summed E-state index contributed by atoms with van der Waals surface area (Å²) >= 11 is 8.57. The molecule has 0 fully saturated rings. The molecule has 66 valence electrons. The van der Waals surface area contributed by atoms with Crippen molar-refractivity contribution in [3.63, 3.8) is 0 Å². The van der Waals surface area contributed by atoms with Crippen LogP contribution in [-0.2, 0) is 0 Å². The van der Waals surface area contributed by atoms with Gasteiger partial charge in [-0.1, -0.05) is 11.6 Å². The lowest BCUT2D eigenvalue weighted by Gasteiger charge is -2.04. The average molecular weight is 258 g/mol. The number of aromatic nitrogens is 1. The van der Waals surface area contributed by atoms with Crippen LogP contribution in [0.2, 0.25) is 5.02 Å². The number of hydrogen-bond acceptors (Lipinski definition) is 2. The van der Waals surface area contributed by atoms with Gasteiger partial charge in [0.1, 0.15) is 4.60 Å². The Morgan fingerprint density at radius 2 is 2.25 bits per heavy atom. The van der Waals surface area contributed by atoms with Gasteiger partial charge in [-0.25, -0.2) is 4.98 Å². The molecular weight excluding hydrogens is 255 g/mol. The third-order valence-corrected chi connectivity index (χ3v) is 1.73. The number of alkyl halides is 2. The van der Waals surface area contributed by atoms with Crippen LogP contribution in [0.15, 0.2) is 16.9 Å². The molecule has 0 saturated heterocycles. The Morgan fingerprint density at radius 3 is 2.75 bits per heavy atom. The van der Waals surface area contributed by atoms with E-state index in [0.717, 1.165) is 6.20 Å². The topological polar surface area (TPSA) is 22.1 Å². The van der Waals surface area contributed by atoms with Gasteiger partial charge in [0.25, 0.3) is 0 Å². The first kappa shape index (κ1) is 9.67. The fraction of sp³-hybridized carbons (Fsp3) is 0.167. The lowest BCUT2D eigenvalue weighted by Crippen LogP contribution is -2.02. The Bertz CT molecular complexity index is 284. The standard InChI is InChI=1S/C6H3BrClF2NO/c7-5-1-3(8)4(2-11-5)12-6(9)10/h1-2,6H. The molecule has 0 saturated carbocycles. The van der Waals surface area contributed by atoms with Crippen LogP contribution in [0.4, 0.5) is 8.78 Å². The maximum absolute atomic E-state index is 11.7. The molecule has 1 aromatic heterocycles. The van der Waals surface area contributed by atoms with Crippen LogP contribution in [0.1, 0.15) is 0 Å². The van der Waals surface area contributed by atoms with E-state index in [1.54, 1.807) is 0 Å². The van der Waals surface area contributed by atoms with E-state index >= 15 is 0 Å². The quantitative estimate of drug-likeness (QED) is 0.761. The predicted octanol–water partition coefficient (Wildman–Crippen LogP) is 3.10. The molecule has 12 heavy (non-hydrogen) atoms. The molecule has 2 nitrogen and oxygen atoms in total. The normalized spacial score (nSPS) is 10.4. The van der Waals surface area contributed by atoms with Crippen molar-refractivity contribution in [2.45, 2.75) is 6.61 Å². The molecule has 0 radical (unpaired) electrons. The zero-order valence-corrected chi connectivity index (χ0v) is 7.94. The van der Waals surface area contributed by atoms with Crippen LogP contribution in [0.25, 0.3) is 0 Å². The van der Waals surface area contributed by atoms with Gasteiger partial charge in [0.15, 0.2) is 5.75 Å². The summed E-state index contributed by atoms with van der Waals surface area (Å²) in [4.78, 5) is 3.67. The second kappa shape index (κ2) is 4.00. The fourth-order valence-corrected chi connectivity index (χ4v) is 1.24. The zero-order chi connectivity index (χ0) is 9.14. The molecule has 0 unspecified atom stereocenters. The molecule has 0 atom stereocenters. The molecule has 6 heteroatoms. The molecule has 0 N–H and O–H groups in total. The first-order valence-electron chi connectivity index (χ1n) is 2.85. The molecule has 0 aliphatic heterocycles. The summed E-state index contributed by atoms with van der Waals surface area (Å²) in [6.45, 7) is -2.88. The molecule has 0 amide bonds. The number of hydrogen-bond donors (Lipinski definition) is 0. The SMILES string of the molecule is FC(F)Oc1cnc(Br)cc1Cl. The summed E-state index contributed by atoms with van der Waals surface area (Å²) in [5.74, 6) is -0.130. The molecule has 0 aliphatic rings. The van der Waals surface area contributed by atoms with Gasteiger partial charge in [0, 0.05) is 0 Å². The molecular formula is C6H3BrClF2NO. The third kappa shape index (κ3) is 2.57. The summed E-state index contributed by atoms with van der Waals surface area (Å²) in [6, 6.07) is 1.37. The zero-order valence-electron chi connectivity index (χ0n) is 5.60. The van der Waals surface area contributed by atoms with E-state index in [1.165, 1.54) is 6.07 Å². The van der Waals surface area contributed by atoms with Gasteiger partial charge < -0.3 is 4.74 Å².